The molecule has 0 saturated heterocycles. The molecule has 1 aromatic heterocycles. The first-order valence-corrected chi connectivity index (χ1v) is 7.93. The van der Waals surface area contributed by atoms with Crippen LogP contribution in [-0.2, 0) is 13.5 Å². The number of nitrogens with zero attached hydrogens (tertiary/aromatic N) is 2. The summed E-state index contributed by atoms with van der Waals surface area (Å²) in [7, 11) is 1.90. The molecular weight excluding hydrogens is 352 g/mol. The van der Waals surface area contributed by atoms with Crippen LogP contribution in [0, 0.1) is 20.8 Å². The molecule has 21 heavy (non-hydrogen) atoms. The lowest BCUT2D eigenvalue weighted by Crippen LogP contribution is -2.30. The summed E-state index contributed by atoms with van der Waals surface area (Å²) < 4.78 is 2.96. The van der Waals surface area contributed by atoms with E-state index in [1.807, 2.05) is 18.7 Å². The Morgan fingerprint density at radius 1 is 1.33 bits per heavy atom. The normalized spacial score (nSPS) is 12.7. The van der Waals surface area contributed by atoms with Crippen molar-refractivity contribution in [2.45, 2.75) is 33.2 Å². The minimum atomic E-state index is -0.0113. The molecule has 0 amide bonds. The largest absolute Gasteiger partial charge is 0.271 e. The van der Waals surface area contributed by atoms with Gasteiger partial charge in [-0.3, -0.25) is 16.0 Å². The van der Waals surface area contributed by atoms with Crippen LogP contribution in [0.15, 0.2) is 16.6 Å². The average molecular weight is 372 g/mol. The first-order chi connectivity index (χ1) is 9.85. The zero-order chi connectivity index (χ0) is 15.7. The van der Waals surface area contributed by atoms with Crippen molar-refractivity contribution in [1.29, 1.82) is 0 Å². The summed E-state index contributed by atoms with van der Waals surface area (Å²) in [6.07, 6.45) is 0.688. The maximum absolute atomic E-state index is 6.33. The molecule has 2 rings (SSSR count). The van der Waals surface area contributed by atoms with E-state index in [9.17, 15) is 0 Å². The van der Waals surface area contributed by atoms with Crippen LogP contribution in [0.2, 0.25) is 5.02 Å². The highest BCUT2D eigenvalue weighted by molar-refractivity contribution is 9.10. The van der Waals surface area contributed by atoms with E-state index in [4.69, 9.17) is 17.4 Å². The van der Waals surface area contributed by atoms with Crippen molar-refractivity contribution in [3.8, 4) is 0 Å². The number of hydrogen-bond acceptors (Lipinski definition) is 3. The Bertz CT molecular complexity index is 643. The lowest BCUT2D eigenvalue weighted by atomic mass is 9.98. The number of hydrogen-bond donors (Lipinski definition) is 2. The highest BCUT2D eigenvalue weighted by Gasteiger charge is 2.18. The van der Waals surface area contributed by atoms with Crippen LogP contribution in [-0.4, -0.2) is 9.78 Å². The van der Waals surface area contributed by atoms with Crippen molar-refractivity contribution in [1.82, 2.24) is 15.2 Å². The summed E-state index contributed by atoms with van der Waals surface area (Å²) in [5.74, 6) is 5.76. The van der Waals surface area contributed by atoms with E-state index in [2.05, 4.69) is 52.4 Å². The van der Waals surface area contributed by atoms with E-state index < -0.39 is 0 Å². The Labute approximate surface area is 138 Å². The lowest BCUT2D eigenvalue weighted by molar-refractivity contribution is 0.529. The monoisotopic (exact) mass is 370 g/mol. The van der Waals surface area contributed by atoms with E-state index in [1.54, 1.807) is 0 Å². The zero-order valence-electron chi connectivity index (χ0n) is 12.7. The van der Waals surface area contributed by atoms with Crippen LogP contribution in [0.3, 0.4) is 0 Å². The first kappa shape index (κ1) is 16.5. The minimum absolute atomic E-state index is 0.0113. The second-order valence-electron chi connectivity index (χ2n) is 5.36. The predicted octanol–water partition coefficient (Wildman–Crippen LogP) is 3.51. The van der Waals surface area contributed by atoms with E-state index in [0.29, 0.717) is 11.4 Å². The predicted molar refractivity (Wildman–Crippen MR) is 90.3 cm³/mol. The van der Waals surface area contributed by atoms with Crippen LogP contribution in [0.25, 0.3) is 0 Å². The molecule has 0 aliphatic rings. The van der Waals surface area contributed by atoms with Crippen LogP contribution >= 0.6 is 27.5 Å². The Balaban J connectivity index is 2.36. The summed E-state index contributed by atoms with van der Waals surface area (Å²) in [5.41, 5.74) is 8.24. The van der Waals surface area contributed by atoms with Crippen molar-refractivity contribution < 1.29 is 0 Å². The number of nitrogens with one attached hydrogen (secondary N) is 1. The Morgan fingerprint density at radius 2 is 1.90 bits per heavy atom. The van der Waals surface area contributed by atoms with Gasteiger partial charge in [0.1, 0.15) is 0 Å². The summed E-state index contributed by atoms with van der Waals surface area (Å²) in [5, 5.41) is 5.06. The molecule has 3 N–H and O–H groups in total. The molecule has 0 aliphatic carbocycles. The molecule has 1 aromatic carbocycles. The zero-order valence-corrected chi connectivity index (χ0v) is 15.0. The molecule has 2 aromatic rings. The van der Waals surface area contributed by atoms with Gasteiger partial charge in [0.25, 0.3) is 0 Å². The van der Waals surface area contributed by atoms with Crippen molar-refractivity contribution in [2.24, 2.45) is 12.9 Å². The van der Waals surface area contributed by atoms with Gasteiger partial charge in [-0.15, -0.1) is 0 Å². The quantitative estimate of drug-likeness (QED) is 0.639. The highest BCUT2D eigenvalue weighted by atomic mass is 79.9. The second kappa shape index (κ2) is 6.48. The smallest absolute Gasteiger partial charge is 0.0847 e. The van der Waals surface area contributed by atoms with E-state index in [-0.39, 0.29) is 6.04 Å². The molecule has 1 atom stereocenters. The molecule has 4 nitrogen and oxygen atoms in total. The van der Waals surface area contributed by atoms with Crippen LogP contribution in [0.4, 0.5) is 0 Å². The SMILES string of the molecule is Cc1cc(C(Cc2c(Cl)c(C)nn2C)NN)cc(C)c1Br. The van der Waals surface area contributed by atoms with Gasteiger partial charge >= 0.3 is 0 Å². The van der Waals surface area contributed by atoms with Gasteiger partial charge in [0.05, 0.1) is 22.5 Å². The fourth-order valence-electron chi connectivity index (χ4n) is 2.55. The molecule has 1 unspecified atom stereocenters. The molecule has 0 radical (unpaired) electrons. The second-order valence-corrected chi connectivity index (χ2v) is 6.53. The fraction of sp³-hybridized carbons (Fsp3) is 0.400. The standard InChI is InChI=1S/C15H20BrClN4/c1-8-5-11(6-9(2)14(8)16)12(19-18)7-13-15(17)10(3)20-21(13)4/h5-6,12,19H,7,18H2,1-4H3. The van der Waals surface area contributed by atoms with Crippen molar-refractivity contribution in [3.05, 3.63) is 49.7 Å². The molecular formula is C15H20BrClN4. The maximum Gasteiger partial charge on any atom is 0.0847 e. The fourth-order valence-corrected chi connectivity index (χ4v) is 3.01. The van der Waals surface area contributed by atoms with Crippen LogP contribution in [0.5, 0.6) is 0 Å². The Morgan fingerprint density at radius 3 is 2.33 bits per heavy atom. The van der Waals surface area contributed by atoms with E-state index in [1.165, 1.54) is 11.1 Å². The molecule has 0 fully saturated rings. The third kappa shape index (κ3) is 3.31. The van der Waals surface area contributed by atoms with Crippen molar-refractivity contribution in [3.63, 3.8) is 0 Å². The Kier molecular flexibility index (Phi) is 5.09. The lowest BCUT2D eigenvalue weighted by Gasteiger charge is -2.19. The van der Waals surface area contributed by atoms with Crippen LogP contribution < -0.4 is 11.3 Å². The van der Waals surface area contributed by atoms with Crippen molar-refractivity contribution >= 4 is 27.5 Å². The van der Waals surface area contributed by atoms with Gasteiger partial charge in [-0.05, 0) is 37.5 Å². The molecule has 0 bridgehead atoms. The van der Waals surface area contributed by atoms with E-state index >= 15 is 0 Å². The van der Waals surface area contributed by atoms with Gasteiger partial charge in [0.15, 0.2) is 0 Å². The molecule has 0 spiro atoms. The molecule has 1 heterocycles. The minimum Gasteiger partial charge on any atom is -0.271 e. The number of benzene rings is 1. The number of nitrogens with two attached hydrogens (primary N) is 1. The van der Waals surface area contributed by atoms with Crippen LogP contribution in [0.1, 0.15) is 34.1 Å². The van der Waals surface area contributed by atoms with Gasteiger partial charge < -0.3 is 0 Å². The Hall–Kier alpha value is -0.880. The van der Waals surface area contributed by atoms with Gasteiger partial charge in [-0.2, -0.15) is 5.10 Å². The van der Waals surface area contributed by atoms with Crippen molar-refractivity contribution in [2.75, 3.05) is 0 Å². The van der Waals surface area contributed by atoms with Gasteiger partial charge in [-0.1, -0.05) is 39.7 Å². The highest BCUT2D eigenvalue weighted by Crippen LogP contribution is 2.29. The summed E-state index contributed by atoms with van der Waals surface area (Å²) in [4.78, 5) is 0. The third-order valence-corrected chi connectivity index (χ3v) is 5.46. The number of aromatic nitrogens is 2. The summed E-state index contributed by atoms with van der Waals surface area (Å²) in [6.45, 7) is 6.06. The first-order valence-electron chi connectivity index (χ1n) is 6.75. The number of rotatable bonds is 4. The van der Waals surface area contributed by atoms with Gasteiger partial charge in [-0.25, -0.2) is 0 Å². The van der Waals surface area contributed by atoms with Gasteiger partial charge in [0, 0.05) is 17.9 Å². The van der Waals surface area contributed by atoms with E-state index in [0.717, 1.165) is 21.4 Å². The summed E-state index contributed by atoms with van der Waals surface area (Å²) >= 11 is 9.92. The molecule has 6 heteroatoms. The summed E-state index contributed by atoms with van der Waals surface area (Å²) in [6, 6.07) is 4.26. The maximum atomic E-state index is 6.33. The number of aryl methyl sites for hydroxylation is 4. The van der Waals surface area contributed by atoms with Gasteiger partial charge in [0.2, 0.25) is 0 Å². The molecule has 114 valence electrons. The average Bonchev–Trinajstić information content (AvgIpc) is 2.67. The molecule has 0 aliphatic heterocycles. The third-order valence-electron chi connectivity index (χ3n) is 3.72. The number of hydrazine groups is 1. The molecule has 0 saturated carbocycles. The number of halogens is 2. The topological polar surface area (TPSA) is 55.9 Å².